The molecular weight excluding hydrogens is 324 g/mol. The normalized spacial score (nSPS) is 25.6. The molecule has 0 spiro atoms. The van der Waals surface area contributed by atoms with Crippen molar-refractivity contribution >= 4 is 5.82 Å². The highest BCUT2D eigenvalue weighted by atomic mass is 15.3. The predicted octanol–water partition coefficient (Wildman–Crippen LogP) is 2.74. The summed E-state index contributed by atoms with van der Waals surface area (Å²) >= 11 is 0. The predicted molar refractivity (Wildman–Crippen MR) is 103 cm³/mol. The van der Waals surface area contributed by atoms with Gasteiger partial charge >= 0.3 is 0 Å². The highest BCUT2D eigenvalue weighted by molar-refractivity contribution is 5.38. The zero-order chi connectivity index (χ0) is 18.1. The van der Waals surface area contributed by atoms with Crippen LogP contribution < -0.4 is 4.90 Å². The Kier molecular flexibility index (Phi) is 4.94. The highest BCUT2D eigenvalue weighted by Gasteiger charge is 2.44. The largest absolute Gasteiger partial charge is 0.355 e. The van der Waals surface area contributed by atoms with Gasteiger partial charge in [0.05, 0.1) is 12.2 Å². The van der Waals surface area contributed by atoms with Gasteiger partial charge in [0.1, 0.15) is 5.82 Å². The van der Waals surface area contributed by atoms with Crippen LogP contribution in [0, 0.1) is 18.8 Å². The van der Waals surface area contributed by atoms with Gasteiger partial charge in [0.25, 0.3) is 0 Å². The molecule has 2 aromatic rings. The summed E-state index contributed by atoms with van der Waals surface area (Å²) < 4.78 is 2.31. The molecule has 0 unspecified atom stereocenters. The lowest BCUT2D eigenvalue weighted by Gasteiger charge is -2.30. The Hall–Kier alpha value is -1.95. The lowest BCUT2D eigenvalue weighted by molar-refractivity contribution is 0.285. The average Bonchev–Trinajstić information content (AvgIpc) is 3.32. The van der Waals surface area contributed by atoms with Gasteiger partial charge in [0, 0.05) is 45.1 Å². The lowest BCUT2D eigenvalue weighted by Crippen LogP contribution is -2.38. The maximum absolute atomic E-state index is 4.59. The Morgan fingerprint density at radius 1 is 1.19 bits per heavy atom. The zero-order valence-electron chi connectivity index (χ0n) is 16.2. The van der Waals surface area contributed by atoms with Gasteiger partial charge in [-0.2, -0.15) is 5.10 Å². The second-order valence-electron chi connectivity index (χ2n) is 7.94. The number of likely N-dealkylation sites (tertiary alicyclic amines) is 1. The van der Waals surface area contributed by atoms with Gasteiger partial charge in [-0.3, -0.25) is 4.90 Å². The van der Waals surface area contributed by atoms with E-state index in [9.17, 15) is 0 Å². The molecule has 26 heavy (non-hydrogen) atoms. The molecule has 0 radical (unpaired) electrons. The van der Waals surface area contributed by atoms with Crippen LogP contribution in [0.4, 0.5) is 5.82 Å². The van der Waals surface area contributed by atoms with Crippen LogP contribution in [-0.4, -0.2) is 50.8 Å². The third-order valence-corrected chi connectivity index (χ3v) is 6.17. The molecule has 4 rings (SSSR count). The summed E-state index contributed by atoms with van der Waals surface area (Å²) in [4.78, 5) is 9.56. The minimum Gasteiger partial charge on any atom is -0.355 e. The number of anilines is 1. The molecule has 1 aliphatic carbocycles. The van der Waals surface area contributed by atoms with E-state index in [0.29, 0.717) is 6.04 Å². The van der Waals surface area contributed by atoms with Gasteiger partial charge in [0.2, 0.25) is 0 Å². The molecule has 6 nitrogen and oxygen atoms in total. The van der Waals surface area contributed by atoms with Crippen molar-refractivity contribution in [3.63, 3.8) is 0 Å². The van der Waals surface area contributed by atoms with Crippen LogP contribution in [0.15, 0.2) is 24.5 Å². The van der Waals surface area contributed by atoms with Crippen LogP contribution in [0.3, 0.4) is 0 Å². The standard InChI is InChI=1S/C20H30N6/c1-4-10-26-11-9-21-20(26)14-25-12-16-6-7-18(17(16)13-25)24(3)19-8-5-15(2)22-23-19/h5,8-9,11,16-18H,4,6-7,10,12-14H2,1-3H3/t16-,17+,18-/m1/s1. The van der Waals surface area contributed by atoms with Crippen molar-refractivity contribution in [2.45, 2.75) is 52.2 Å². The minimum absolute atomic E-state index is 0.567. The van der Waals surface area contributed by atoms with E-state index in [2.05, 4.69) is 61.8 Å². The van der Waals surface area contributed by atoms with Crippen LogP contribution in [0.5, 0.6) is 0 Å². The fraction of sp³-hybridized carbons (Fsp3) is 0.650. The molecule has 1 saturated carbocycles. The average molecular weight is 355 g/mol. The summed E-state index contributed by atoms with van der Waals surface area (Å²) in [7, 11) is 2.18. The number of fused-ring (bicyclic) bond motifs is 1. The Labute approximate surface area is 156 Å². The lowest BCUT2D eigenvalue weighted by atomic mass is 9.97. The number of hydrogen-bond acceptors (Lipinski definition) is 5. The first-order chi connectivity index (χ1) is 12.7. The van der Waals surface area contributed by atoms with Crippen LogP contribution in [0.2, 0.25) is 0 Å². The van der Waals surface area contributed by atoms with Gasteiger partial charge in [-0.25, -0.2) is 4.98 Å². The Morgan fingerprint density at radius 2 is 2.08 bits per heavy atom. The van der Waals surface area contributed by atoms with E-state index in [4.69, 9.17) is 0 Å². The van der Waals surface area contributed by atoms with E-state index < -0.39 is 0 Å². The molecule has 3 heterocycles. The summed E-state index contributed by atoms with van der Waals surface area (Å²) in [6, 6.07) is 4.72. The van der Waals surface area contributed by atoms with Crippen molar-refractivity contribution in [2.75, 3.05) is 25.0 Å². The molecule has 0 bridgehead atoms. The monoisotopic (exact) mass is 354 g/mol. The first-order valence-electron chi connectivity index (χ1n) is 9.91. The maximum Gasteiger partial charge on any atom is 0.151 e. The first kappa shape index (κ1) is 17.5. The number of hydrogen-bond donors (Lipinski definition) is 0. The SMILES string of the molecule is CCCn1ccnc1CN1C[C@H]2CC[C@@H](N(C)c3ccc(C)nn3)[C@H]2C1. The van der Waals surface area contributed by atoms with E-state index in [-0.39, 0.29) is 0 Å². The fourth-order valence-corrected chi connectivity index (χ4v) is 4.82. The third-order valence-electron chi connectivity index (χ3n) is 6.17. The van der Waals surface area contributed by atoms with Crippen molar-refractivity contribution in [3.8, 4) is 0 Å². The number of nitrogens with zero attached hydrogens (tertiary/aromatic N) is 6. The summed E-state index contributed by atoms with van der Waals surface area (Å²) in [5.74, 6) is 3.73. The van der Waals surface area contributed by atoms with Crippen molar-refractivity contribution in [3.05, 3.63) is 36.0 Å². The van der Waals surface area contributed by atoms with Crippen LogP contribution in [0.25, 0.3) is 0 Å². The summed E-state index contributed by atoms with van der Waals surface area (Å²) in [5, 5.41) is 8.63. The fourth-order valence-electron chi connectivity index (χ4n) is 4.82. The molecule has 1 saturated heterocycles. The van der Waals surface area contributed by atoms with Crippen LogP contribution in [0.1, 0.15) is 37.7 Å². The van der Waals surface area contributed by atoms with E-state index in [1.165, 1.54) is 25.2 Å². The number of aromatic nitrogens is 4. The van der Waals surface area contributed by atoms with E-state index in [1.807, 2.05) is 13.1 Å². The smallest absolute Gasteiger partial charge is 0.151 e. The second kappa shape index (κ2) is 7.35. The van der Waals surface area contributed by atoms with Crippen LogP contribution in [-0.2, 0) is 13.1 Å². The van der Waals surface area contributed by atoms with Crippen molar-refractivity contribution in [2.24, 2.45) is 11.8 Å². The Bertz CT molecular complexity index is 724. The van der Waals surface area contributed by atoms with Gasteiger partial charge in [-0.1, -0.05) is 6.92 Å². The van der Waals surface area contributed by atoms with E-state index in [1.54, 1.807) is 0 Å². The molecule has 0 N–H and O–H groups in total. The highest BCUT2D eigenvalue weighted by Crippen LogP contribution is 2.41. The Morgan fingerprint density at radius 3 is 2.85 bits per heavy atom. The van der Waals surface area contributed by atoms with Gasteiger partial charge in [-0.15, -0.1) is 5.10 Å². The van der Waals surface area contributed by atoms with Crippen molar-refractivity contribution in [1.82, 2.24) is 24.6 Å². The number of imidazole rings is 1. The van der Waals surface area contributed by atoms with Crippen molar-refractivity contribution in [1.29, 1.82) is 0 Å². The first-order valence-corrected chi connectivity index (χ1v) is 9.91. The third kappa shape index (κ3) is 3.34. The van der Waals surface area contributed by atoms with Gasteiger partial charge in [-0.05, 0) is 50.2 Å². The molecule has 6 heteroatoms. The second-order valence-corrected chi connectivity index (χ2v) is 7.94. The van der Waals surface area contributed by atoms with Crippen LogP contribution >= 0.6 is 0 Å². The van der Waals surface area contributed by atoms with Gasteiger partial charge < -0.3 is 9.47 Å². The summed E-state index contributed by atoms with van der Waals surface area (Å²) in [5.41, 5.74) is 0.973. The van der Waals surface area contributed by atoms with Gasteiger partial charge in [0.15, 0.2) is 5.82 Å². The number of aryl methyl sites for hydroxylation is 2. The Balaban J connectivity index is 1.42. The topological polar surface area (TPSA) is 50.1 Å². The summed E-state index contributed by atoms with van der Waals surface area (Å²) in [6.07, 6.45) is 7.79. The summed E-state index contributed by atoms with van der Waals surface area (Å²) in [6.45, 7) is 8.61. The molecule has 0 aromatic carbocycles. The maximum atomic E-state index is 4.59. The molecule has 3 atom stereocenters. The van der Waals surface area contributed by atoms with E-state index in [0.717, 1.165) is 49.4 Å². The number of rotatable bonds is 6. The molecule has 1 aliphatic heterocycles. The molecule has 140 valence electrons. The molecule has 2 aliphatic rings. The molecular formula is C20H30N6. The van der Waals surface area contributed by atoms with Crippen molar-refractivity contribution < 1.29 is 0 Å². The molecule has 0 amide bonds. The van der Waals surface area contributed by atoms with E-state index >= 15 is 0 Å². The minimum atomic E-state index is 0.567. The zero-order valence-corrected chi connectivity index (χ0v) is 16.2. The quantitative estimate of drug-likeness (QED) is 0.798. The molecule has 2 aromatic heterocycles. The molecule has 2 fully saturated rings.